The third kappa shape index (κ3) is 1.25. The molecule has 0 N–H and O–H groups in total. The predicted octanol–water partition coefficient (Wildman–Crippen LogP) is 1.79. The average Bonchev–Trinajstić information content (AvgIpc) is 2.12. The molecule has 0 unspecified atom stereocenters. The SMILES string of the molecule is CC(C)C1=NCSC1. The molecular formula is C6H11NS. The summed E-state index contributed by atoms with van der Waals surface area (Å²) in [6, 6.07) is 0. The summed E-state index contributed by atoms with van der Waals surface area (Å²) in [7, 11) is 0. The van der Waals surface area contributed by atoms with E-state index in [1.807, 2.05) is 11.8 Å². The monoisotopic (exact) mass is 129 g/mol. The van der Waals surface area contributed by atoms with E-state index >= 15 is 0 Å². The van der Waals surface area contributed by atoms with Crippen LogP contribution in [0.3, 0.4) is 0 Å². The largest absolute Gasteiger partial charge is 0.282 e. The van der Waals surface area contributed by atoms with E-state index < -0.39 is 0 Å². The highest BCUT2D eigenvalue weighted by Crippen LogP contribution is 2.14. The van der Waals surface area contributed by atoms with Crippen LogP contribution in [0.25, 0.3) is 0 Å². The van der Waals surface area contributed by atoms with Crippen LogP contribution >= 0.6 is 11.8 Å². The Hall–Kier alpha value is 0.0200. The van der Waals surface area contributed by atoms with E-state index in [-0.39, 0.29) is 0 Å². The zero-order valence-electron chi connectivity index (χ0n) is 5.35. The zero-order valence-corrected chi connectivity index (χ0v) is 6.16. The van der Waals surface area contributed by atoms with Crippen molar-refractivity contribution in [2.24, 2.45) is 10.9 Å². The lowest BCUT2D eigenvalue weighted by atomic mass is 10.1. The molecule has 1 aliphatic heterocycles. The Kier molecular flexibility index (Phi) is 1.95. The topological polar surface area (TPSA) is 12.4 Å². The van der Waals surface area contributed by atoms with Gasteiger partial charge in [0.1, 0.15) is 0 Å². The smallest absolute Gasteiger partial charge is 0.0847 e. The van der Waals surface area contributed by atoms with Crippen LogP contribution in [-0.2, 0) is 0 Å². The predicted molar refractivity (Wildman–Crippen MR) is 39.6 cm³/mol. The third-order valence-electron chi connectivity index (χ3n) is 1.28. The van der Waals surface area contributed by atoms with Gasteiger partial charge in [0.05, 0.1) is 5.88 Å². The van der Waals surface area contributed by atoms with Crippen molar-refractivity contribution in [1.82, 2.24) is 0 Å². The van der Waals surface area contributed by atoms with E-state index in [4.69, 9.17) is 0 Å². The molecule has 0 amide bonds. The van der Waals surface area contributed by atoms with Crippen LogP contribution in [0.4, 0.5) is 0 Å². The third-order valence-corrected chi connectivity index (χ3v) is 2.09. The Morgan fingerprint density at radius 1 is 1.62 bits per heavy atom. The quantitative estimate of drug-likeness (QED) is 0.525. The summed E-state index contributed by atoms with van der Waals surface area (Å²) >= 11 is 1.91. The van der Waals surface area contributed by atoms with E-state index in [9.17, 15) is 0 Å². The first-order valence-electron chi connectivity index (χ1n) is 2.91. The summed E-state index contributed by atoms with van der Waals surface area (Å²) in [5, 5.41) is 0. The summed E-state index contributed by atoms with van der Waals surface area (Å²) in [5.74, 6) is 2.83. The van der Waals surface area contributed by atoms with E-state index in [1.165, 1.54) is 5.71 Å². The fourth-order valence-corrected chi connectivity index (χ4v) is 1.66. The van der Waals surface area contributed by atoms with Crippen LogP contribution in [0.1, 0.15) is 13.8 Å². The van der Waals surface area contributed by atoms with Gasteiger partial charge in [-0.15, -0.1) is 11.8 Å². The number of hydrogen-bond donors (Lipinski definition) is 0. The molecule has 0 radical (unpaired) electrons. The number of hydrogen-bond acceptors (Lipinski definition) is 2. The Balaban J connectivity index is 2.45. The van der Waals surface area contributed by atoms with Crippen molar-refractivity contribution >= 4 is 17.5 Å². The van der Waals surface area contributed by atoms with Crippen molar-refractivity contribution in [3.8, 4) is 0 Å². The maximum atomic E-state index is 4.31. The lowest BCUT2D eigenvalue weighted by Gasteiger charge is -1.99. The highest BCUT2D eigenvalue weighted by molar-refractivity contribution is 8.00. The standard InChI is InChI=1S/C6H11NS/c1-5(2)6-3-8-4-7-6/h5H,3-4H2,1-2H3. The molecule has 0 atom stereocenters. The molecule has 1 nitrogen and oxygen atoms in total. The summed E-state index contributed by atoms with van der Waals surface area (Å²) in [6.45, 7) is 4.40. The molecule has 0 bridgehead atoms. The molecular weight excluding hydrogens is 118 g/mol. The van der Waals surface area contributed by atoms with Crippen molar-refractivity contribution in [2.45, 2.75) is 13.8 Å². The Labute approximate surface area is 54.6 Å². The molecule has 8 heavy (non-hydrogen) atoms. The van der Waals surface area contributed by atoms with Crippen LogP contribution in [0.15, 0.2) is 4.99 Å². The first-order valence-corrected chi connectivity index (χ1v) is 4.07. The van der Waals surface area contributed by atoms with E-state index in [0.717, 1.165) is 11.6 Å². The number of rotatable bonds is 1. The van der Waals surface area contributed by atoms with Gasteiger partial charge in [0, 0.05) is 11.5 Å². The number of nitrogens with zero attached hydrogens (tertiary/aromatic N) is 1. The van der Waals surface area contributed by atoms with Crippen LogP contribution < -0.4 is 0 Å². The van der Waals surface area contributed by atoms with Gasteiger partial charge in [-0.1, -0.05) is 13.8 Å². The highest BCUT2D eigenvalue weighted by atomic mass is 32.2. The molecule has 0 saturated carbocycles. The van der Waals surface area contributed by atoms with Gasteiger partial charge in [0.15, 0.2) is 0 Å². The Morgan fingerprint density at radius 2 is 2.38 bits per heavy atom. The second-order valence-electron chi connectivity index (χ2n) is 2.28. The molecule has 0 saturated heterocycles. The minimum absolute atomic E-state index is 0.671. The van der Waals surface area contributed by atoms with Gasteiger partial charge in [0.25, 0.3) is 0 Å². The molecule has 1 rings (SSSR count). The average molecular weight is 129 g/mol. The van der Waals surface area contributed by atoms with Gasteiger partial charge in [-0.2, -0.15) is 0 Å². The van der Waals surface area contributed by atoms with Gasteiger partial charge in [-0.3, -0.25) is 4.99 Å². The van der Waals surface area contributed by atoms with Crippen molar-refractivity contribution in [2.75, 3.05) is 11.6 Å². The van der Waals surface area contributed by atoms with Crippen molar-refractivity contribution < 1.29 is 0 Å². The first kappa shape index (κ1) is 6.14. The molecule has 0 aromatic rings. The lowest BCUT2D eigenvalue weighted by Crippen LogP contribution is -2.05. The number of aliphatic imine (C=N–C) groups is 1. The Bertz CT molecular complexity index is 107. The number of thioether (sulfide) groups is 1. The molecule has 46 valence electrons. The lowest BCUT2D eigenvalue weighted by molar-refractivity contribution is 0.880. The van der Waals surface area contributed by atoms with Crippen LogP contribution in [-0.4, -0.2) is 17.3 Å². The van der Waals surface area contributed by atoms with E-state index in [2.05, 4.69) is 18.8 Å². The minimum Gasteiger partial charge on any atom is -0.282 e. The summed E-state index contributed by atoms with van der Waals surface area (Å²) in [4.78, 5) is 4.31. The molecule has 0 aromatic carbocycles. The van der Waals surface area contributed by atoms with Crippen LogP contribution in [0.5, 0.6) is 0 Å². The molecule has 1 heterocycles. The Morgan fingerprint density at radius 3 is 2.62 bits per heavy atom. The molecule has 1 aliphatic rings. The molecule has 0 aromatic heterocycles. The summed E-state index contributed by atoms with van der Waals surface area (Å²) in [6.07, 6.45) is 0. The maximum absolute atomic E-state index is 4.31. The second-order valence-corrected chi connectivity index (χ2v) is 3.24. The summed E-state index contributed by atoms with van der Waals surface area (Å²) < 4.78 is 0. The van der Waals surface area contributed by atoms with Crippen LogP contribution in [0.2, 0.25) is 0 Å². The van der Waals surface area contributed by atoms with Crippen molar-refractivity contribution in [3.05, 3.63) is 0 Å². The summed E-state index contributed by atoms with van der Waals surface area (Å²) in [5.41, 5.74) is 1.38. The normalized spacial score (nSPS) is 19.6. The molecule has 0 fully saturated rings. The van der Waals surface area contributed by atoms with Crippen molar-refractivity contribution in [1.29, 1.82) is 0 Å². The van der Waals surface area contributed by atoms with Gasteiger partial charge in [0.2, 0.25) is 0 Å². The van der Waals surface area contributed by atoms with Gasteiger partial charge < -0.3 is 0 Å². The molecule has 2 heteroatoms. The second kappa shape index (κ2) is 2.53. The molecule has 0 spiro atoms. The van der Waals surface area contributed by atoms with E-state index in [0.29, 0.717) is 5.92 Å². The maximum Gasteiger partial charge on any atom is 0.0847 e. The van der Waals surface area contributed by atoms with E-state index in [1.54, 1.807) is 0 Å². The van der Waals surface area contributed by atoms with Crippen molar-refractivity contribution in [3.63, 3.8) is 0 Å². The van der Waals surface area contributed by atoms with Gasteiger partial charge in [-0.05, 0) is 5.92 Å². The first-order chi connectivity index (χ1) is 3.80. The molecule has 0 aliphatic carbocycles. The fourth-order valence-electron chi connectivity index (χ4n) is 0.674. The fraction of sp³-hybridized carbons (Fsp3) is 0.833. The van der Waals surface area contributed by atoms with Crippen LogP contribution in [0, 0.1) is 5.92 Å². The van der Waals surface area contributed by atoms with Gasteiger partial charge >= 0.3 is 0 Å². The minimum atomic E-state index is 0.671. The zero-order chi connectivity index (χ0) is 5.98. The van der Waals surface area contributed by atoms with Gasteiger partial charge in [-0.25, -0.2) is 0 Å². The highest BCUT2D eigenvalue weighted by Gasteiger charge is 2.08.